The monoisotopic (exact) mass is 444 g/mol. The number of esters is 1. The van der Waals surface area contributed by atoms with Crippen LogP contribution in [0.2, 0.25) is 0 Å². The first kappa shape index (κ1) is 20.2. The smallest absolute Gasteiger partial charge is 0.338 e. The molecule has 0 unspecified atom stereocenters. The molecule has 0 aliphatic carbocycles. The number of fused-ring (bicyclic) bond motifs is 3. The zero-order valence-electron chi connectivity index (χ0n) is 17.8. The van der Waals surface area contributed by atoms with Gasteiger partial charge in [-0.05, 0) is 62.7 Å². The molecule has 0 radical (unpaired) electrons. The molecule has 6 nitrogen and oxygen atoms in total. The van der Waals surface area contributed by atoms with Gasteiger partial charge in [0.1, 0.15) is 16.1 Å². The van der Waals surface area contributed by atoms with E-state index in [1.54, 1.807) is 22.6 Å². The molecule has 0 N–H and O–H groups in total. The van der Waals surface area contributed by atoms with Crippen molar-refractivity contribution in [3.8, 4) is 11.3 Å². The highest BCUT2D eigenvalue weighted by Crippen LogP contribution is 2.27. The summed E-state index contributed by atoms with van der Waals surface area (Å²) >= 11 is 1.34. The van der Waals surface area contributed by atoms with Crippen molar-refractivity contribution in [1.82, 2.24) is 9.38 Å². The molecular formula is C25H20N2O4S. The van der Waals surface area contributed by atoms with Crippen LogP contribution in [-0.4, -0.2) is 21.5 Å². The number of para-hydroxylation sites is 2. The maximum Gasteiger partial charge on any atom is 0.338 e. The van der Waals surface area contributed by atoms with Crippen LogP contribution in [0.5, 0.6) is 0 Å². The zero-order chi connectivity index (χ0) is 22.4. The number of nitrogens with zero attached hydrogens (tertiary/aromatic N) is 2. The molecule has 3 heterocycles. The summed E-state index contributed by atoms with van der Waals surface area (Å²) in [5, 5.41) is 0. The second-order valence-corrected chi connectivity index (χ2v) is 8.83. The average Bonchev–Trinajstić information content (AvgIpc) is 3.43. The highest BCUT2D eigenvalue weighted by atomic mass is 32.1. The quantitative estimate of drug-likeness (QED) is 0.379. The van der Waals surface area contributed by atoms with E-state index in [1.165, 1.54) is 11.3 Å². The van der Waals surface area contributed by atoms with Crippen LogP contribution in [0.4, 0.5) is 0 Å². The van der Waals surface area contributed by atoms with Gasteiger partial charge in [-0.2, -0.15) is 0 Å². The lowest BCUT2D eigenvalue weighted by Gasteiger charge is -2.09. The zero-order valence-corrected chi connectivity index (χ0v) is 18.6. The van der Waals surface area contributed by atoms with Crippen molar-refractivity contribution < 1.29 is 13.9 Å². The van der Waals surface area contributed by atoms with Crippen molar-refractivity contribution in [3.63, 3.8) is 0 Å². The largest absolute Gasteiger partial charge is 0.459 e. The fraction of sp³-hybridized carbons (Fsp3) is 0.160. The lowest BCUT2D eigenvalue weighted by atomic mass is 10.0. The number of aryl methyl sites for hydroxylation is 1. The van der Waals surface area contributed by atoms with E-state index in [-0.39, 0.29) is 17.6 Å². The second-order valence-electron chi connectivity index (χ2n) is 7.82. The number of imidazole rings is 1. The summed E-state index contributed by atoms with van der Waals surface area (Å²) in [7, 11) is 0. The molecule has 2 aromatic carbocycles. The number of benzene rings is 2. The number of carbonyl (C=O) groups is 1. The van der Waals surface area contributed by atoms with Crippen molar-refractivity contribution >= 4 is 39.4 Å². The third-order valence-corrected chi connectivity index (χ3v) is 6.08. The predicted octanol–water partition coefficient (Wildman–Crippen LogP) is 4.59. The van der Waals surface area contributed by atoms with E-state index >= 15 is 0 Å². The number of hydrogen-bond acceptors (Lipinski definition) is 6. The van der Waals surface area contributed by atoms with E-state index in [1.807, 2.05) is 63.2 Å². The van der Waals surface area contributed by atoms with Crippen molar-refractivity contribution in [2.24, 2.45) is 0 Å². The molecule has 32 heavy (non-hydrogen) atoms. The Kier molecular flexibility index (Phi) is 4.90. The summed E-state index contributed by atoms with van der Waals surface area (Å²) in [5.41, 5.74) is 3.77. The van der Waals surface area contributed by atoms with Gasteiger partial charge in [-0.1, -0.05) is 29.5 Å². The third-order valence-electron chi connectivity index (χ3n) is 5.12. The molecule has 0 atom stereocenters. The number of thiazole rings is 1. The highest BCUT2D eigenvalue weighted by molar-refractivity contribution is 7.15. The lowest BCUT2D eigenvalue weighted by molar-refractivity contribution is 0.0378. The first-order valence-corrected chi connectivity index (χ1v) is 11.1. The minimum Gasteiger partial charge on any atom is -0.459 e. The second kappa shape index (κ2) is 7.76. The van der Waals surface area contributed by atoms with Crippen LogP contribution in [0.15, 0.2) is 63.8 Å². The summed E-state index contributed by atoms with van der Waals surface area (Å²) in [4.78, 5) is 30.3. The number of ether oxygens (including phenoxy) is 1. The molecule has 0 aliphatic rings. The Morgan fingerprint density at radius 3 is 2.75 bits per heavy atom. The van der Waals surface area contributed by atoms with Crippen LogP contribution in [0.3, 0.4) is 0 Å². The average molecular weight is 445 g/mol. The lowest BCUT2D eigenvalue weighted by Crippen LogP contribution is -2.22. The van der Waals surface area contributed by atoms with Gasteiger partial charge in [-0.25, -0.2) is 14.2 Å². The Balaban J connectivity index is 1.49. The summed E-state index contributed by atoms with van der Waals surface area (Å²) in [6.45, 7) is 5.56. The molecule has 0 fully saturated rings. The molecule has 0 spiro atoms. The highest BCUT2D eigenvalue weighted by Gasteiger charge is 2.14. The normalized spacial score (nSPS) is 12.3. The molecule has 0 saturated heterocycles. The van der Waals surface area contributed by atoms with E-state index in [0.717, 1.165) is 22.2 Å². The molecule has 5 aromatic rings. The maximum absolute atomic E-state index is 12.9. The Bertz CT molecular complexity index is 1590. The molecule has 7 heteroatoms. The Morgan fingerprint density at radius 2 is 1.97 bits per heavy atom. The molecule has 160 valence electrons. The van der Waals surface area contributed by atoms with Gasteiger partial charge in [0.05, 0.1) is 22.7 Å². The van der Waals surface area contributed by atoms with Gasteiger partial charge in [0.15, 0.2) is 4.96 Å². The molecule has 0 aliphatic heterocycles. The minimum atomic E-state index is -0.346. The van der Waals surface area contributed by atoms with E-state index in [9.17, 15) is 9.59 Å². The van der Waals surface area contributed by atoms with Crippen LogP contribution < -0.4 is 10.1 Å². The van der Waals surface area contributed by atoms with Crippen LogP contribution in [-0.2, 0) is 4.74 Å². The predicted molar refractivity (Wildman–Crippen MR) is 125 cm³/mol. The molecule has 5 rings (SSSR count). The number of aromatic nitrogens is 2. The Hall–Kier alpha value is -3.71. The van der Waals surface area contributed by atoms with E-state index < -0.39 is 0 Å². The summed E-state index contributed by atoms with van der Waals surface area (Å²) in [6.07, 6.45) is 1.57. The van der Waals surface area contributed by atoms with Crippen molar-refractivity contribution in [2.75, 3.05) is 0 Å². The van der Waals surface area contributed by atoms with Crippen LogP contribution in [0.25, 0.3) is 33.4 Å². The summed E-state index contributed by atoms with van der Waals surface area (Å²) < 4.78 is 13.5. The van der Waals surface area contributed by atoms with Crippen molar-refractivity contribution in [1.29, 1.82) is 0 Å². The van der Waals surface area contributed by atoms with Gasteiger partial charge in [0.25, 0.3) is 5.56 Å². The molecule has 3 aromatic heterocycles. The minimum absolute atomic E-state index is 0.110. The summed E-state index contributed by atoms with van der Waals surface area (Å²) in [6, 6.07) is 16.6. The SMILES string of the molecule is Cc1cc(C(=O)OC(C)C)ccc1-c1ccc(C=c2sc3nc4ccccc4n3c2=O)o1. The van der Waals surface area contributed by atoms with Crippen molar-refractivity contribution in [3.05, 3.63) is 86.4 Å². The van der Waals surface area contributed by atoms with Gasteiger partial charge < -0.3 is 9.15 Å². The first-order valence-electron chi connectivity index (χ1n) is 10.2. The molecule has 0 bridgehead atoms. The topological polar surface area (TPSA) is 73.8 Å². The van der Waals surface area contributed by atoms with Gasteiger partial charge >= 0.3 is 5.97 Å². The van der Waals surface area contributed by atoms with Crippen LogP contribution in [0.1, 0.15) is 35.5 Å². The number of furan rings is 1. The summed E-state index contributed by atoms with van der Waals surface area (Å²) in [5.74, 6) is 0.895. The fourth-order valence-corrected chi connectivity index (χ4v) is 4.63. The van der Waals surface area contributed by atoms with Crippen LogP contribution >= 0.6 is 11.3 Å². The third kappa shape index (κ3) is 3.50. The molecule has 0 amide bonds. The van der Waals surface area contributed by atoms with E-state index in [0.29, 0.717) is 26.6 Å². The number of carbonyl (C=O) groups excluding carboxylic acids is 1. The Morgan fingerprint density at radius 1 is 1.16 bits per heavy atom. The fourth-order valence-electron chi connectivity index (χ4n) is 3.67. The Labute approximate surface area is 187 Å². The van der Waals surface area contributed by atoms with Gasteiger partial charge in [-0.15, -0.1) is 0 Å². The molecular weight excluding hydrogens is 424 g/mol. The van der Waals surface area contributed by atoms with E-state index in [2.05, 4.69) is 4.98 Å². The van der Waals surface area contributed by atoms with Crippen molar-refractivity contribution in [2.45, 2.75) is 26.9 Å². The van der Waals surface area contributed by atoms with E-state index in [4.69, 9.17) is 9.15 Å². The number of hydrogen-bond donors (Lipinski definition) is 0. The maximum atomic E-state index is 12.9. The number of rotatable bonds is 4. The van der Waals surface area contributed by atoms with Gasteiger partial charge in [-0.3, -0.25) is 4.79 Å². The van der Waals surface area contributed by atoms with Gasteiger partial charge in [0.2, 0.25) is 0 Å². The first-order chi connectivity index (χ1) is 15.4. The standard InChI is InChI=1S/C25H20N2O4S/c1-14(2)30-24(29)16-8-10-18(15(3)12-16)21-11-9-17(31-21)13-22-23(28)27-20-7-5-4-6-19(20)26-25(27)32-22/h4-14H,1-3H3. The van der Waals surface area contributed by atoms with Gasteiger partial charge in [0, 0.05) is 11.6 Å². The molecule has 0 saturated carbocycles. The van der Waals surface area contributed by atoms with Crippen LogP contribution in [0, 0.1) is 6.92 Å².